The van der Waals surface area contributed by atoms with E-state index in [0.29, 0.717) is 18.2 Å². The molecular weight excluding hydrogens is 266 g/mol. The molecule has 2 N–H and O–H groups in total. The molecule has 21 heavy (non-hydrogen) atoms. The van der Waals surface area contributed by atoms with Crippen LogP contribution in [0.3, 0.4) is 0 Å². The molecule has 0 saturated heterocycles. The van der Waals surface area contributed by atoms with Crippen LogP contribution in [0, 0.1) is 0 Å². The largest absolute Gasteiger partial charge is 0.334 e. The van der Waals surface area contributed by atoms with Gasteiger partial charge in [-0.25, -0.2) is 4.98 Å². The standard InChI is InChI=1S/C15H23N5O/c1-4-5-12(20-7-6-16-10-20)8-15(21)17-14-9-13(11(2)3)18-19-14/h6-7,9-12H,4-5,8H2,1-3H3,(H2,17,18,19,21). The minimum absolute atomic E-state index is 0.0241. The van der Waals surface area contributed by atoms with Crippen molar-refractivity contribution in [1.29, 1.82) is 0 Å². The van der Waals surface area contributed by atoms with Crippen molar-refractivity contribution < 1.29 is 4.79 Å². The van der Waals surface area contributed by atoms with E-state index < -0.39 is 0 Å². The highest BCUT2D eigenvalue weighted by atomic mass is 16.1. The zero-order valence-corrected chi connectivity index (χ0v) is 12.8. The van der Waals surface area contributed by atoms with Crippen molar-refractivity contribution in [2.24, 2.45) is 0 Å². The van der Waals surface area contributed by atoms with Gasteiger partial charge in [-0.2, -0.15) is 5.10 Å². The second kappa shape index (κ2) is 7.06. The van der Waals surface area contributed by atoms with Gasteiger partial charge in [0.15, 0.2) is 5.82 Å². The number of nitrogens with one attached hydrogen (secondary N) is 2. The predicted molar refractivity (Wildman–Crippen MR) is 82.1 cm³/mol. The van der Waals surface area contributed by atoms with Crippen LogP contribution in [0.5, 0.6) is 0 Å². The molecule has 2 aromatic heterocycles. The van der Waals surface area contributed by atoms with Crippen LogP contribution in [-0.4, -0.2) is 25.7 Å². The van der Waals surface area contributed by atoms with E-state index >= 15 is 0 Å². The maximum Gasteiger partial charge on any atom is 0.227 e. The van der Waals surface area contributed by atoms with Crippen molar-refractivity contribution in [2.75, 3.05) is 5.32 Å². The Morgan fingerprint density at radius 3 is 2.86 bits per heavy atom. The minimum atomic E-state index is -0.0241. The van der Waals surface area contributed by atoms with Crippen LogP contribution in [0.15, 0.2) is 24.8 Å². The quantitative estimate of drug-likeness (QED) is 0.822. The van der Waals surface area contributed by atoms with E-state index in [0.717, 1.165) is 18.5 Å². The first kappa shape index (κ1) is 15.3. The molecule has 1 atom stereocenters. The topological polar surface area (TPSA) is 75.6 Å². The molecule has 2 rings (SSSR count). The van der Waals surface area contributed by atoms with Gasteiger partial charge in [0.1, 0.15) is 0 Å². The molecule has 0 saturated carbocycles. The third kappa shape index (κ3) is 4.18. The Kier molecular flexibility index (Phi) is 5.14. The lowest BCUT2D eigenvalue weighted by Gasteiger charge is -2.16. The molecule has 114 valence electrons. The Bertz CT molecular complexity index is 558. The molecule has 1 unspecified atom stereocenters. The summed E-state index contributed by atoms with van der Waals surface area (Å²) in [6.07, 6.45) is 7.80. The first-order valence-electron chi connectivity index (χ1n) is 7.42. The zero-order chi connectivity index (χ0) is 15.2. The van der Waals surface area contributed by atoms with Gasteiger partial charge in [0, 0.05) is 36.6 Å². The van der Waals surface area contributed by atoms with Crippen LogP contribution in [0.1, 0.15) is 57.7 Å². The van der Waals surface area contributed by atoms with E-state index in [-0.39, 0.29) is 11.9 Å². The van der Waals surface area contributed by atoms with Crippen LogP contribution >= 0.6 is 0 Å². The maximum absolute atomic E-state index is 12.2. The highest BCUT2D eigenvalue weighted by Gasteiger charge is 2.16. The number of nitrogens with zero attached hydrogens (tertiary/aromatic N) is 3. The molecule has 6 nitrogen and oxygen atoms in total. The summed E-state index contributed by atoms with van der Waals surface area (Å²) in [5, 5.41) is 9.91. The van der Waals surface area contributed by atoms with Crippen molar-refractivity contribution in [3.8, 4) is 0 Å². The van der Waals surface area contributed by atoms with Crippen molar-refractivity contribution in [2.45, 2.75) is 52.0 Å². The average molecular weight is 289 g/mol. The highest BCUT2D eigenvalue weighted by molar-refractivity contribution is 5.90. The SMILES string of the molecule is CCCC(CC(=O)Nc1cc(C(C)C)[nH]n1)n1ccnc1. The fourth-order valence-electron chi connectivity index (χ4n) is 2.28. The number of carbonyl (C=O) groups excluding carboxylic acids is 1. The van der Waals surface area contributed by atoms with Gasteiger partial charge in [-0.1, -0.05) is 27.2 Å². The molecule has 6 heteroatoms. The highest BCUT2D eigenvalue weighted by Crippen LogP contribution is 2.19. The lowest BCUT2D eigenvalue weighted by atomic mass is 10.1. The van der Waals surface area contributed by atoms with Crippen molar-refractivity contribution in [3.05, 3.63) is 30.5 Å². The molecule has 0 bridgehead atoms. The molecule has 2 heterocycles. The predicted octanol–water partition coefficient (Wildman–Crippen LogP) is 3.10. The van der Waals surface area contributed by atoms with Crippen molar-refractivity contribution in [1.82, 2.24) is 19.7 Å². The van der Waals surface area contributed by atoms with Gasteiger partial charge in [-0.05, 0) is 12.3 Å². The molecule has 0 fully saturated rings. The van der Waals surface area contributed by atoms with Gasteiger partial charge < -0.3 is 9.88 Å². The molecule has 0 aromatic carbocycles. The Balaban J connectivity index is 1.95. The molecular formula is C15H23N5O. The Labute approximate surface area is 125 Å². The van der Waals surface area contributed by atoms with E-state index in [2.05, 4.69) is 41.3 Å². The van der Waals surface area contributed by atoms with Crippen LogP contribution in [0.25, 0.3) is 0 Å². The molecule has 0 aliphatic heterocycles. The third-order valence-electron chi connectivity index (χ3n) is 3.48. The van der Waals surface area contributed by atoms with E-state index in [1.54, 1.807) is 12.5 Å². The van der Waals surface area contributed by atoms with Crippen LogP contribution in [0.2, 0.25) is 0 Å². The number of amides is 1. The van der Waals surface area contributed by atoms with Crippen LogP contribution < -0.4 is 5.32 Å². The number of aromatic nitrogens is 4. The number of hydrogen-bond acceptors (Lipinski definition) is 3. The Morgan fingerprint density at radius 1 is 1.48 bits per heavy atom. The average Bonchev–Trinajstić information content (AvgIpc) is 3.09. The third-order valence-corrected chi connectivity index (χ3v) is 3.48. The lowest BCUT2D eigenvalue weighted by molar-refractivity contribution is -0.117. The second-order valence-electron chi connectivity index (χ2n) is 5.57. The van der Waals surface area contributed by atoms with Gasteiger partial charge in [0.2, 0.25) is 5.91 Å². The fourth-order valence-corrected chi connectivity index (χ4v) is 2.28. The summed E-state index contributed by atoms with van der Waals surface area (Å²) in [6.45, 7) is 6.27. The summed E-state index contributed by atoms with van der Waals surface area (Å²) < 4.78 is 1.99. The number of H-pyrrole nitrogens is 1. The molecule has 0 aliphatic carbocycles. The van der Waals surface area contributed by atoms with Crippen molar-refractivity contribution >= 4 is 11.7 Å². The number of anilines is 1. The summed E-state index contributed by atoms with van der Waals surface area (Å²) in [7, 11) is 0. The van der Waals surface area contributed by atoms with E-state index in [4.69, 9.17) is 0 Å². The van der Waals surface area contributed by atoms with Crippen LogP contribution in [-0.2, 0) is 4.79 Å². The summed E-state index contributed by atoms with van der Waals surface area (Å²) in [6, 6.07) is 2.02. The number of imidazole rings is 1. The van der Waals surface area contributed by atoms with E-state index in [1.165, 1.54) is 0 Å². The second-order valence-corrected chi connectivity index (χ2v) is 5.57. The van der Waals surface area contributed by atoms with Gasteiger partial charge in [0.05, 0.1) is 6.33 Å². The van der Waals surface area contributed by atoms with Crippen LogP contribution in [0.4, 0.5) is 5.82 Å². The zero-order valence-electron chi connectivity index (χ0n) is 12.8. The summed E-state index contributed by atoms with van der Waals surface area (Å²) in [4.78, 5) is 16.2. The van der Waals surface area contributed by atoms with E-state index in [1.807, 2.05) is 16.8 Å². The van der Waals surface area contributed by atoms with Gasteiger partial charge >= 0.3 is 0 Å². The maximum atomic E-state index is 12.2. The summed E-state index contributed by atoms with van der Waals surface area (Å²) in [5.41, 5.74) is 1.02. The number of hydrogen-bond donors (Lipinski definition) is 2. The van der Waals surface area contributed by atoms with Crippen molar-refractivity contribution in [3.63, 3.8) is 0 Å². The molecule has 2 aromatic rings. The smallest absolute Gasteiger partial charge is 0.227 e. The minimum Gasteiger partial charge on any atom is -0.334 e. The summed E-state index contributed by atoms with van der Waals surface area (Å²) in [5.74, 6) is 0.926. The van der Waals surface area contributed by atoms with Gasteiger partial charge in [0.25, 0.3) is 0 Å². The lowest BCUT2D eigenvalue weighted by Crippen LogP contribution is -2.19. The number of aromatic amines is 1. The first-order valence-corrected chi connectivity index (χ1v) is 7.42. The normalized spacial score (nSPS) is 12.6. The van der Waals surface area contributed by atoms with E-state index in [9.17, 15) is 4.79 Å². The first-order chi connectivity index (χ1) is 10.1. The number of rotatable bonds is 7. The van der Waals surface area contributed by atoms with Gasteiger partial charge in [-0.3, -0.25) is 9.89 Å². The molecule has 0 spiro atoms. The molecule has 1 amide bonds. The van der Waals surface area contributed by atoms with Gasteiger partial charge in [-0.15, -0.1) is 0 Å². The fraction of sp³-hybridized carbons (Fsp3) is 0.533. The monoisotopic (exact) mass is 289 g/mol. The molecule has 0 aliphatic rings. The Morgan fingerprint density at radius 2 is 2.29 bits per heavy atom. The summed E-state index contributed by atoms with van der Waals surface area (Å²) >= 11 is 0. The Hall–Kier alpha value is -2.11. The number of carbonyl (C=O) groups is 1. The molecule has 0 radical (unpaired) electrons.